The van der Waals surface area contributed by atoms with Gasteiger partial charge in [0, 0.05) is 13.2 Å². The molecule has 0 N–H and O–H groups in total. The molecule has 4 fully saturated rings. The maximum atomic E-state index is 14.0. The van der Waals surface area contributed by atoms with Gasteiger partial charge in [0.05, 0.1) is 0 Å². The third-order valence-corrected chi connectivity index (χ3v) is 14.9. The molecule has 7 nitrogen and oxygen atoms in total. The van der Waals surface area contributed by atoms with E-state index >= 15 is 0 Å². The second-order valence-electron chi connectivity index (χ2n) is 13.4. The van der Waals surface area contributed by atoms with E-state index in [9.17, 15) is 9.35 Å². The molecule has 9 heteroatoms. The molecule has 258 valence electrons. The van der Waals surface area contributed by atoms with Crippen molar-refractivity contribution in [2.75, 3.05) is 20.3 Å². The van der Waals surface area contributed by atoms with Gasteiger partial charge >= 0.3 is 205 Å². The third-order valence-electron chi connectivity index (χ3n) is 10.1. The van der Waals surface area contributed by atoms with Crippen molar-refractivity contribution in [2.24, 2.45) is 11.8 Å². The molecule has 3 aliphatic heterocycles. The van der Waals surface area contributed by atoms with Crippen LogP contribution in [-0.4, -0.2) is 81.1 Å². The van der Waals surface area contributed by atoms with Crippen molar-refractivity contribution < 1.29 is 33.0 Å². The number of esters is 1. The van der Waals surface area contributed by atoms with Gasteiger partial charge in [-0.3, -0.25) is 0 Å². The van der Waals surface area contributed by atoms with Crippen molar-refractivity contribution in [3.05, 3.63) is 42.5 Å². The molecule has 1 saturated carbocycles. The number of carbonyl (C=O) groups excluding carboxylic acids is 1. The topological polar surface area (TPSA) is 86.3 Å². The van der Waals surface area contributed by atoms with E-state index in [1.54, 1.807) is 0 Å². The number of hydrogen-bond acceptors (Lipinski definition) is 7. The molecule has 0 amide bonds. The zero-order chi connectivity index (χ0) is 32.1. The van der Waals surface area contributed by atoms with Crippen molar-refractivity contribution >= 4 is 36.6 Å². The Morgan fingerprint density at radius 1 is 1.02 bits per heavy atom. The van der Waals surface area contributed by atoms with Gasteiger partial charge < -0.3 is 4.74 Å². The molecule has 0 radical (unpaired) electrons. The molecule has 5 rings (SSSR count). The van der Waals surface area contributed by atoms with Crippen LogP contribution in [0.15, 0.2) is 42.5 Å². The predicted molar refractivity (Wildman–Crippen MR) is 184 cm³/mol. The summed E-state index contributed by atoms with van der Waals surface area (Å²) >= 11 is -0.909. The van der Waals surface area contributed by atoms with E-state index in [1.807, 2.05) is 18.2 Å². The van der Waals surface area contributed by atoms with E-state index in [2.05, 4.69) is 31.2 Å². The molecule has 3 saturated heterocycles. The number of methoxy groups -OCH3 is 1. The number of hydrogen-bond donors (Lipinski definition) is 0. The summed E-state index contributed by atoms with van der Waals surface area (Å²) in [7, 11) is 1.48. The van der Waals surface area contributed by atoms with Crippen LogP contribution in [0.25, 0.3) is 0 Å². The molecule has 3 heterocycles. The zero-order valence-corrected chi connectivity index (χ0v) is 30.5. The second-order valence-corrected chi connectivity index (χ2v) is 18.0. The van der Waals surface area contributed by atoms with Gasteiger partial charge in [0.1, 0.15) is 0 Å². The summed E-state index contributed by atoms with van der Waals surface area (Å²) in [5.74, 6) is 0.388. The Balaban J connectivity index is 1.23. The summed E-state index contributed by atoms with van der Waals surface area (Å²) in [6, 6.07) is 10.2. The van der Waals surface area contributed by atoms with E-state index in [0.717, 1.165) is 96.7 Å². The maximum absolute atomic E-state index is 14.0. The quantitative estimate of drug-likeness (QED) is 0.0587. The summed E-state index contributed by atoms with van der Waals surface area (Å²) in [6.45, 7) is 3.77. The Kier molecular flexibility index (Phi) is 15.3. The van der Waals surface area contributed by atoms with Crippen molar-refractivity contribution in [3.8, 4) is 0 Å². The van der Waals surface area contributed by atoms with Crippen LogP contribution < -0.4 is 4.46 Å². The summed E-state index contributed by atoms with van der Waals surface area (Å²) in [5.41, 5.74) is 0. The normalized spacial score (nSPS) is 32.8. The first-order chi connectivity index (χ1) is 22.6. The first-order valence-electron chi connectivity index (χ1n) is 18.0. The van der Waals surface area contributed by atoms with E-state index in [1.165, 1.54) is 24.4 Å². The van der Waals surface area contributed by atoms with Gasteiger partial charge in [-0.05, 0) is 32.1 Å². The fraction of sp³-hybridized carbons (Fsp3) is 0.757. The van der Waals surface area contributed by atoms with Crippen LogP contribution in [-0.2, 0) is 39.7 Å². The molecule has 1 aliphatic carbocycles. The number of fused-ring (bicyclic) bond motifs is 1. The Bertz CT molecular complexity index is 1050. The Morgan fingerprint density at radius 3 is 2.48 bits per heavy atom. The fourth-order valence-corrected chi connectivity index (χ4v) is 12.3. The minimum absolute atomic E-state index is 0.0127. The number of rotatable bonds is 17. The predicted octanol–water partition coefficient (Wildman–Crippen LogP) is 6.63. The van der Waals surface area contributed by atoms with Gasteiger partial charge in [-0.25, -0.2) is 0 Å². The second kappa shape index (κ2) is 19.3. The number of benzene rings is 1. The van der Waals surface area contributed by atoms with Crippen molar-refractivity contribution in [1.29, 1.82) is 0 Å². The van der Waals surface area contributed by atoms with Crippen LogP contribution in [0.3, 0.4) is 0 Å². The van der Waals surface area contributed by atoms with Gasteiger partial charge in [-0.2, -0.15) is 0 Å². The van der Waals surface area contributed by atoms with Gasteiger partial charge in [-0.1, -0.05) is 26.2 Å². The smallest absolute Gasteiger partial charge is 0.353 e. The Hall–Kier alpha value is -0.901. The Morgan fingerprint density at radius 2 is 1.78 bits per heavy atom. The molecule has 46 heavy (non-hydrogen) atoms. The minimum Gasteiger partial charge on any atom is -0.353 e. The third kappa shape index (κ3) is 10.5. The minimum atomic E-state index is -0.922. The van der Waals surface area contributed by atoms with E-state index < -0.39 is 11.2 Å². The SMILES string of the molecule is CCCCC[C@@H](/C=C/[C@@H]1[C@H]2CC(CCCC([Se]c3ccccc3)C(=O)OC)[S+]([O-])[C@@H]2C[C@H]1OC1CCCCO1)OC1CCCCO1. The van der Waals surface area contributed by atoms with Gasteiger partial charge in [0.25, 0.3) is 0 Å². The first-order valence-corrected chi connectivity index (χ1v) is 21.1. The van der Waals surface area contributed by atoms with E-state index in [4.69, 9.17) is 23.7 Å². The number of unbranched alkanes of at least 4 members (excludes halogenated alkanes) is 2. The molecule has 1 aromatic carbocycles. The molecule has 10 atom stereocenters. The van der Waals surface area contributed by atoms with Crippen LogP contribution in [0.4, 0.5) is 0 Å². The molecule has 4 aliphatic rings. The summed E-state index contributed by atoms with van der Waals surface area (Å²) in [6.07, 6.45) is 19.6. The monoisotopic (exact) mass is 724 g/mol. The van der Waals surface area contributed by atoms with Crippen LogP contribution in [0.5, 0.6) is 0 Å². The van der Waals surface area contributed by atoms with Gasteiger partial charge in [-0.15, -0.1) is 0 Å². The average molecular weight is 724 g/mol. The van der Waals surface area contributed by atoms with Gasteiger partial charge in [0.2, 0.25) is 0 Å². The molecule has 0 bridgehead atoms. The fourth-order valence-electron chi connectivity index (χ4n) is 7.59. The van der Waals surface area contributed by atoms with Gasteiger partial charge in [0.15, 0.2) is 6.29 Å². The first kappa shape index (κ1) is 36.4. The standard InChI is InChI=1S/C37H56O7SSe/c1-3-4-6-14-27(43-35-19-9-11-23-41-35)21-22-30-31-25-28(45(39)33(31)26-32(30)44-36-20-10-12-24-42-36)15-13-18-34(37(38)40-2)46-29-16-7-5-8-17-29/h5,7-8,16-17,21-22,27-28,30-36H,3-4,6,9-15,18-20,23-26H2,1-2H3/b22-21+/t27-,28?,30+,31+,32+,33+,34?,35?,36?,45?/m0/s1. The number of carbonyl (C=O) groups is 1. The number of ether oxygens (including phenoxy) is 5. The zero-order valence-electron chi connectivity index (χ0n) is 27.9. The molecule has 1 aromatic rings. The molecule has 0 aromatic heterocycles. The van der Waals surface area contributed by atoms with Crippen molar-refractivity contribution in [3.63, 3.8) is 0 Å². The average Bonchev–Trinajstić information content (AvgIpc) is 3.58. The van der Waals surface area contributed by atoms with Crippen molar-refractivity contribution in [1.82, 2.24) is 0 Å². The summed E-state index contributed by atoms with van der Waals surface area (Å²) < 4.78 is 45.5. The van der Waals surface area contributed by atoms with Crippen molar-refractivity contribution in [2.45, 2.75) is 143 Å². The summed E-state index contributed by atoms with van der Waals surface area (Å²) in [4.78, 5) is 12.5. The van der Waals surface area contributed by atoms with E-state index in [0.29, 0.717) is 5.92 Å². The van der Waals surface area contributed by atoms with E-state index in [-0.39, 0.29) is 66.9 Å². The van der Waals surface area contributed by atoms with Crippen LogP contribution in [0.1, 0.15) is 103 Å². The van der Waals surface area contributed by atoms with Crippen LogP contribution >= 0.6 is 0 Å². The summed E-state index contributed by atoms with van der Waals surface area (Å²) in [5, 5.41) is 0.298. The van der Waals surface area contributed by atoms with Crippen LogP contribution in [0, 0.1) is 11.8 Å². The van der Waals surface area contributed by atoms with Crippen LogP contribution in [0.2, 0.25) is 4.82 Å². The molecular weight excluding hydrogens is 667 g/mol. The molecular formula is C37H56O7SSe. The molecule has 5 unspecified atom stereocenters. The molecule has 0 spiro atoms. The Labute approximate surface area is 286 Å².